The van der Waals surface area contributed by atoms with Gasteiger partial charge in [-0.2, -0.15) is 0 Å². The molecule has 1 atom stereocenters. The Hall–Kier alpha value is -2.53. The Morgan fingerprint density at radius 3 is 2.50 bits per heavy atom. The van der Waals surface area contributed by atoms with E-state index in [2.05, 4.69) is 5.32 Å². The molecule has 0 heterocycles. The molecule has 0 radical (unpaired) electrons. The molecule has 1 unspecified atom stereocenters. The van der Waals surface area contributed by atoms with Gasteiger partial charge >= 0.3 is 0 Å². The van der Waals surface area contributed by atoms with Crippen LogP contribution in [0.5, 0.6) is 11.5 Å². The van der Waals surface area contributed by atoms with Gasteiger partial charge < -0.3 is 20.5 Å². The summed E-state index contributed by atoms with van der Waals surface area (Å²) in [6.45, 7) is 0. The van der Waals surface area contributed by atoms with Crippen molar-refractivity contribution in [2.45, 2.75) is 12.5 Å². The Balaban J connectivity index is 2.05. The molecule has 2 aromatic carbocycles. The van der Waals surface area contributed by atoms with Crippen LogP contribution in [0.2, 0.25) is 0 Å². The van der Waals surface area contributed by atoms with E-state index < -0.39 is 6.04 Å². The van der Waals surface area contributed by atoms with Gasteiger partial charge in [0.1, 0.15) is 11.5 Å². The van der Waals surface area contributed by atoms with Crippen molar-refractivity contribution in [2.75, 3.05) is 19.5 Å². The summed E-state index contributed by atoms with van der Waals surface area (Å²) < 4.78 is 10.4. The molecular formula is C17H20N2O3. The molecule has 2 rings (SSSR count). The number of nitrogens with two attached hydrogens (primary N) is 1. The van der Waals surface area contributed by atoms with Crippen LogP contribution in [0, 0.1) is 0 Å². The number of amides is 1. The zero-order valence-electron chi connectivity index (χ0n) is 12.7. The first-order valence-electron chi connectivity index (χ1n) is 6.96. The van der Waals surface area contributed by atoms with Crippen LogP contribution in [-0.2, 0) is 11.2 Å². The minimum Gasteiger partial charge on any atom is -0.497 e. The molecule has 22 heavy (non-hydrogen) atoms. The number of hydrogen-bond donors (Lipinski definition) is 2. The zero-order valence-corrected chi connectivity index (χ0v) is 12.7. The van der Waals surface area contributed by atoms with E-state index in [1.54, 1.807) is 25.3 Å². The Morgan fingerprint density at radius 2 is 1.86 bits per heavy atom. The number of carbonyl (C=O) groups excluding carboxylic acids is 1. The Kier molecular flexibility index (Phi) is 5.38. The lowest BCUT2D eigenvalue weighted by Crippen LogP contribution is -2.37. The van der Waals surface area contributed by atoms with Crippen molar-refractivity contribution in [1.29, 1.82) is 0 Å². The van der Waals surface area contributed by atoms with E-state index in [-0.39, 0.29) is 5.91 Å². The van der Waals surface area contributed by atoms with Gasteiger partial charge in [-0.05, 0) is 24.1 Å². The van der Waals surface area contributed by atoms with Gasteiger partial charge in [-0.3, -0.25) is 4.79 Å². The summed E-state index contributed by atoms with van der Waals surface area (Å²) in [5.41, 5.74) is 7.55. The first kappa shape index (κ1) is 15.9. The molecule has 1 amide bonds. The number of benzene rings is 2. The first-order chi connectivity index (χ1) is 10.6. The number of hydrogen-bond acceptors (Lipinski definition) is 4. The van der Waals surface area contributed by atoms with Crippen LogP contribution in [0.25, 0.3) is 0 Å². The molecule has 0 spiro atoms. The largest absolute Gasteiger partial charge is 0.497 e. The second-order valence-corrected chi connectivity index (χ2v) is 4.85. The molecule has 0 saturated heterocycles. The quantitative estimate of drug-likeness (QED) is 0.858. The van der Waals surface area contributed by atoms with Gasteiger partial charge in [0.05, 0.1) is 25.9 Å². The molecule has 3 N–H and O–H groups in total. The molecule has 2 aromatic rings. The van der Waals surface area contributed by atoms with E-state index in [1.807, 2.05) is 30.3 Å². The molecule has 5 heteroatoms. The molecule has 0 fully saturated rings. The molecule has 0 aliphatic carbocycles. The summed E-state index contributed by atoms with van der Waals surface area (Å²) in [6.07, 6.45) is 0.477. The fourth-order valence-corrected chi connectivity index (χ4v) is 2.09. The highest BCUT2D eigenvalue weighted by Gasteiger charge is 2.16. The second kappa shape index (κ2) is 7.47. The zero-order chi connectivity index (χ0) is 15.9. The van der Waals surface area contributed by atoms with Crippen molar-refractivity contribution >= 4 is 11.6 Å². The van der Waals surface area contributed by atoms with Crippen LogP contribution in [0.4, 0.5) is 5.69 Å². The van der Waals surface area contributed by atoms with Crippen molar-refractivity contribution in [3.63, 3.8) is 0 Å². The number of anilines is 1. The fourth-order valence-electron chi connectivity index (χ4n) is 2.09. The third-order valence-electron chi connectivity index (χ3n) is 3.30. The van der Waals surface area contributed by atoms with E-state index in [4.69, 9.17) is 15.2 Å². The standard InChI is InChI=1S/C17H20N2O3/c1-21-13-8-9-15(16(11-13)22-2)19-17(20)14(18)10-12-6-4-3-5-7-12/h3-9,11,14H,10,18H2,1-2H3,(H,19,20). The smallest absolute Gasteiger partial charge is 0.241 e. The minimum absolute atomic E-state index is 0.257. The predicted molar refractivity (Wildman–Crippen MR) is 86.3 cm³/mol. The normalized spacial score (nSPS) is 11.6. The Labute approximate surface area is 130 Å². The Bertz CT molecular complexity index is 629. The van der Waals surface area contributed by atoms with E-state index in [9.17, 15) is 4.79 Å². The summed E-state index contributed by atoms with van der Waals surface area (Å²) in [5, 5.41) is 2.79. The summed E-state index contributed by atoms with van der Waals surface area (Å²) in [7, 11) is 3.11. The lowest BCUT2D eigenvalue weighted by atomic mass is 10.1. The third-order valence-corrected chi connectivity index (χ3v) is 3.30. The van der Waals surface area contributed by atoms with Gasteiger partial charge in [-0.25, -0.2) is 0 Å². The highest BCUT2D eigenvalue weighted by Crippen LogP contribution is 2.29. The van der Waals surface area contributed by atoms with Crippen LogP contribution in [0.1, 0.15) is 5.56 Å². The van der Waals surface area contributed by atoms with Gasteiger partial charge in [0.15, 0.2) is 0 Å². The SMILES string of the molecule is COc1ccc(NC(=O)C(N)Cc2ccccc2)c(OC)c1. The minimum atomic E-state index is -0.630. The highest BCUT2D eigenvalue weighted by molar-refractivity contribution is 5.96. The number of methoxy groups -OCH3 is 2. The van der Waals surface area contributed by atoms with Crippen LogP contribution in [0.15, 0.2) is 48.5 Å². The van der Waals surface area contributed by atoms with Crippen molar-refractivity contribution in [3.05, 3.63) is 54.1 Å². The van der Waals surface area contributed by atoms with Crippen LogP contribution in [-0.4, -0.2) is 26.2 Å². The van der Waals surface area contributed by atoms with Crippen LogP contribution < -0.4 is 20.5 Å². The van der Waals surface area contributed by atoms with E-state index in [0.29, 0.717) is 23.6 Å². The summed E-state index contributed by atoms with van der Waals surface area (Å²) in [4.78, 5) is 12.2. The van der Waals surface area contributed by atoms with Gasteiger partial charge in [0, 0.05) is 6.07 Å². The molecule has 0 aliphatic rings. The van der Waals surface area contributed by atoms with Crippen molar-refractivity contribution in [1.82, 2.24) is 0 Å². The van der Waals surface area contributed by atoms with E-state index >= 15 is 0 Å². The topological polar surface area (TPSA) is 73.6 Å². The van der Waals surface area contributed by atoms with E-state index in [0.717, 1.165) is 5.56 Å². The second-order valence-electron chi connectivity index (χ2n) is 4.85. The molecule has 116 valence electrons. The average molecular weight is 300 g/mol. The van der Waals surface area contributed by atoms with Crippen LogP contribution >= 0.6 is 0 Å². The number of rotatable bonds is 6. The molecule has 5 nitrogen and oxygen atoms in total. The fraction of sp³-hybridized carbons (Fsp3) is 0.235. The van der Waals surface area contributed by atoms with Gasteiger partial charge in [-0.15, -0.1) is 0 Å². The summed E-state index contributed by atoms with van der Waals surface area (Å²) in [5.74, 6) is 0.926. The highest BCUT2D eigenvalue weighted by atomic mass is 16.5. The van der Waals surface area contributed by atoms with E-state index in [1.165, 1.54) is 7.11 Å². The first-order valence-corrected chi connectivity index (χ1v) is 6.96. The maximum absolute atomic E-state index is 12.2. The predicted octanol–water partition coefficient (Wildman–Crippen LogP) is 2.21. The maximum Gasteiger partial charge on any atom is 0.241 e. The van der Waals surface area contributed by atoms with Crippen molar-refractivity contribution in [3.8, 4) is 11.5 Å². The molecule has 0 saturated carbocycles. The lowest BCUT2D eigenvalue weighted by Gasteiger charge is -2.15. The molecule has 0 aliphatic heterocycles. The van der Waals surface area contributed by atoms with Crippen molar-refractivity contribution < 1.29 is 14.3 Å². The lowest BCUT2D eigenvalue weighted by molar-refractivity contribution is -0.117. The van der Waals surface area contributed by atoms with Gasteiger partial charge in [0.2, 0.25) is 5.91 Å². The Morgan fingerprint density at radius 1 is 1.14 bits per heavy atom. The summed E-state index contributed by atoms with van der Waals surface area (Å²) in [6, 6.07) is 14.2. The molecular weight excluding hydrogens is 280 g/mol. The monoisotopic (exact) mass is 300 g/mol. The average Bonchev–Trinajstić information content (AvgIpc) is 2.56. The van der Waals surface area contributed by atoms with Crippen LogP contribution in [0.3, 0.4) is 0 Å². The summed E-state index contributed by atoms with van der Waals surface area (Å²) >= 11 is 0. The third kappa shape index (κ3) is 3.99. The molecule has 0 bridgehead atoms. The number of ether oxygens (including phenoxy) is 2. The van der Waals surface area contributed by atoms with Gasteiger partial charge in [0.25, 0.3) is 0 Å². The van der Waals surface area contributed by atoms with Crippen molar-refractivity contribution in [2.24, 2.45) is 5.73 Å². The number of nitrogens with one attached hydrogen (secondary N) is 1. The molecule has 0 aromatic heterocycles. The maximum atomic E-state index is 12.2. The number of carbonyl (C=O) groups is 1. The van der Waals surface area contributed by atoms with Gasteiger partial charge in [-0.1, -0.05) is 30.3 Å².